The number of hydrogen-bond donors (Lipinski definition) is 2. The summed E-state index contributed by atoms with van der Waals surface area (Å²) in [5.74, 6) is -0.605. The number of esters is 1. The van der Waals surface area contributed by atoms with Crippen LogP contribution in [0.4, 0.5) is 0 Å². The van der Waals surface area contributed by atoms with Crippen molar-refractivity contribution in [1.82, 2.24) is 0 Å². The highest BCUT2D eigenvalue weighted by molar-refractivity contribution is 5.97. The fourth-order valence-electron chi connectivity index (χ4n) is 2.81. The van der Waals surface area contributed by atoms with Crippen LogP contribution in [-0.2, 0) is 9.53 Å². The van der Waals surface area contributed by atoms with Gasteiger partial charge >= 0.3 is 5.97 Å². The van der Waals surface area contributed by atoms with Crippen molar-refractivity contribution in [3.8, 4) is 5.75 Å². The molecule has 0 bridgehead atoms. The number of aryl methyl sites for hydroxylation is 1. The zero-order valence-corrected chi connectivity index (χ0v) is 15.8. The first-order valence-corrected chi connectivity index (χ1v) is 9.05. The van der Waals surface area contributed by atoms with Crippen LogP contribution >= 0.6 is 0 Å². The maximum absolute atomic E-state index is 12.8. The van der Waals surface area contributed by atoms with E-state index in [1.807, 2.05) is 13.8 Å². The van der Waals surface area contributed by atoms with Gasteiger partial charge in [0.15, 0.2) is 5.78 Å². The lowest BCUT2D eigenvalue weighted by atomic mass is 10.0. The second-order valence-corrected chi connectivity index (χ2v) is 6.59. The smallest absolute Gasteiger partial charge is 0.342 e. The van der Waals surface area contributed by atoms with Gasteiger partial charge in [0.2, 0.25) is 0 Å². The van der Waals surface area contributed by atoms with Crippen LogP contribution in [0, 0.1) is 6.92 Å². The molecule has 0 radical (unpaired) electrons. The van der Waals surface area contributed by atoms with E-state index in [0.29, 0.717) is 24.3 Å². The predicted molar refractivity (Wildman–Crippen MR) is 102 cm³/mol. The fourth-order valence-corrected chi connectivity index (χ4v) is 2.81. The van der Waals surface area contributed by atoms with E-state index in [1.54, 1.807) is 31.2 Å². The summed E-state index contributed by atoms with van der Waals surface area (Å²) in [7, 11) is 0. The molecule has 0 amide bonds. The molecule has 27 heavy (non-hydrogen) atoms. The van der Waals surface area contributed by atoms with E-state index in [9.17, 15) is 19.8 Å². The molecule has 1 unspecified atom stereocenters. The molecule has 0 saturated carbocycles. The van der Waals surface area contributed by atoms with Gasteiger partial charge in [-0.3, -0.25) is 4.79 Å². The molecule has 0 spiro atoms. The summed E-state index contributed by atoms with van der Waals surface area (Å²) < 4.78 is 11.1. The number of aliphatic hydroxyl groups excluding tert-OH is 2. The van der Waals surface area contributed by atoms with E-state index in [0.717, 1.165) is 5.56 Å². The zero-order chi connectivity index (χ0) is 20.0. The Hall–Kier alpha value is -2.44. The molecule has 1 aliphatic heterocycles. The summed E-state index contributed by atoms with van der Waals surface area (Å²) in [5.41, 5.74) is 1.72. The normalized spacial score (nSPS) is 26.5. The van der Waals surface area contributed by atoms with Crippen LogP contribution in [0.2, 0.25) is 0 Å². The fraction of sp³-hybridized carbons (Fsp3) is 0.429. The summed E-state index contributed by atoms with van der Waals surface area (Å²) >= 11 is 0. The Labute approximate surface area is 159 Å². The van der Waals surface area contributed by atoms with Crippen molar-refractivity contribution in [1.29, 1.82) is 0 Å². The van der Waals surface area contributed by atoms with Gasteiger partial charge < -0.3 is 19.7 Å². The van der Waals surface area contributed by atoms with Crippen molar-refractivity contribution in [2.24, 2.45) is 0 Å². The summed E-state index contributed by atoms with van der Waals surface area (Å²) in [6.45, 7) is 5.82. The van der Waals surface area contributed by atoms with E-state index in [1.165, 1.54) is 12.2 Å². The minimum atomic E-state index is -1.29. The molecule has 2 rings (SSSR count). The van der Waals surface area contributed by atoms with Crippen molar-refractivity contribution >= 4 is 17.8 Å². The minimum Gasteiger partial charge on any atom is -0.493 e. The Balaban J connectivity index is 2.50. The van der Waals surface area contributed by atoms with Gasteiger partial charge in [-0.2, -0.15) is 0 Å². The van der Waals surface area contributed by atoms with Crippen LogP contribution in [0.25, 0.3) is 6.08 Å². The highest BCUT2D eigenvalue weighted by Crippen LogP contribution is 2.28. The van der Waals surface area contributed by atoms with E-state index < -0.39 is 30.1 Å². The Morgan fingerprint density at radius 2 is 1.96 bits per heavy atom. The summed E-state index contributed by atoms with van der Waals surface area (Å²) in [6, 6.07) is 3.56. The molecule has 1 aromatic rings. The van der Waals surface area contributed by atoms with Gasteiger partial charge in [-0.15, -0.1) is 0 Å². The van der Waals surface area contributed by atoms with E-state index >= 15 is 0 Å². The highest BCUT2D eigenvalue weighted by Gasteiger charge is 2.22. The minimum absolute atomic E-state index is 0.126. The number of hydrogen-bond acceptors (Lipinski definition) is 6. The first-order valence-electron chi connectivity index (χ1n) is 9.05. The van der Waals surface area contributed by atoms with Crippen LogP contribution in [-0.4, -0.2) is 46.9 Å². The quantitative estimate of drug-likeness (QED) is 0.773. The largest absolute Gasteiger partial charge is 0.493 e. The van der Waals surface area contributed by atoms with Crippen LogP contribution in [0.5, 0.6) is 5.75 Å². The topological polar surface area (TPSA) is 93.1 Å². The lowest BCUT2D eigenvalue weighted by molar-refractivity contribution is -0.123. The lowest BCUT2D eigenvalue weighted by Crippen LogP contribution is -2.24. The molecule has 0 aromatic heterocycles. The molecular weight excluding hydrogens is 348 g/mol. The van der Waals surface area contributed by atoms with Crippen LogP contribution in [0.15, 0.2) is 30.4 Å². The molecule has 6 nitrogen and oxygen atoms in total. The van der Waals surface area contributed by atoms with Crippen molar-refractivity contribution < 1.29 is 29.3 Å². The number of rotatable bonds is 2. The Kier molecular flexibility index (Phi) is 7.33. The van der Waals surface area contributed by atoms with Crippen molar-refractivity contribution in [3.63, 3.8) is 0 Å². The van der Waals surface area contributed by atoms with Gasteiger partial charge in [0.1, 0.15) is 23.5 Å². The number of ether oxygens (including phenoxy) is 2. The second kappa shape index (κ2) is 9.48. The standard InChI is InChI=1S/C21H26O6/c1-4-26-19-11-13(2)10-15-8-9-16(22)12-18(24)17(23)7-5-6-14(3)27-21(25)20(15)19/h5,7-11,14,16,18,22,24H,4,6,12H2,1-3H3/b7-5-,9-8+/t14-,16?,18-/m0/s1. The summed E-state index contributed by atoms with van der Waals surface area (Å²) in [4.78, 5) is 24.6. The first kappa shape index (κ1) is 20.9. The number of ketones is 1. The SMILES string of the molecule is CCOc1cc(C)cc2c1C(=O)O[C@@H](C)C/C=C\C(=O)[C@@H](O)CC(O)/C=C/2. The average molecular weight is 374 g/mol. The van der Waals surface area contributed by atoms with Crippen molar-refractivity contribution in [3.05, 3.63) is 47.1 Å². The van der Waals surface area contributed by atoms with Crippen LogP contribution in [0.3, 0.4) is 0 Å². The van der Waals surface area contributed by atoms with Gasteiger partial charge in [0, 0.05) is 12.8 Å². The molecule has 0 saturated heterocycles. The van der Waals surface area contributed by atoms with Gasteiger partial charge in [-0.1, -0.05) is 24.3 Å². The molecule has 1 aromatic carbocycles. The van der Waals surface area contributed by atoms with Crippen LogP contribution < -0.4 is 4.74 Å². The summed E-state index contributed by atoms with van der Waals surface area (Å²) in [5, 5.41) is 20.0. The van der Waals surface area contributed by atoms with Gasteiger partial charge in [0.05, 0.1) is 12.7 Å². The third-order valence-electron chi connectivity index (χ3n) is 4.13. The van der Waals surface area contributed by atoms with E-state index in [2.05, 4.69) is 0 Å². The number of benzene rings is 1. The van der Waals surface area contributed by atoms with E-state index in [4.69, 9.17) is 9.47 Å². The molecule has 3 atom stereocenters. The molecule has 6 heteroatoms. The Morgan fingerprint density at radius 3 is 2.67 bits per heavy atom. The van der Waals surface area contributed by atoms with Crippen molar-refractivity contribution in [2.45, 2.75) is 51.9 Å². The number of aliphatic hydroxyl groups is 2. The lowest BCUT2D eigenvalue weighted by Gasteiger charge is -2.17. The second-order valence-electron chi connectivity index (χ2n) is 6.59. The maximum atomic E-state index is 12.8. The first-order chi connectivity index (χ1) is 12.8. The maximum Gasteiger partial charge on any atom is 0.342 e. The number of carbonyl (C=O) groups excluding carboxylic acids is 2. The molecule has 2 N–H and O–H groups in total. The molecule has 0 fully saturated rings. The number of fused-ring (bicyclic) bond motifs is 1. The average Bonchev–Trinajstić information content (AvgIpc) is 2.58. The number of carbonyl (C=O) groups is 2. The number of cyclic esters (lactones) is 1. The zero-order valence-electron chi connectivity index (χ0n) is 15.8. The Morgan fingerprint density at radius 1 is 1.22 bits per heavy atom. The Bertz CT molecular complexity index is 749. The monoisotopic (exact) mass is 374 g/mol. The predicted octanol–water partition coefficient (Wildman–Crippen LogP) is 2.59. The van der Waals surface area contributed by atoms with Crippen molar-refractivity contribution in [2.75, 3.05) is 6.61 Å². The van der Waals surface area contributed by atoms with Crippen LogP contribution in [0.1, 0.15) is 48.2 Å². The third-order valence-corrected chi connectivity index (χ3v) is 4.13. The van der Waals surface area contributed by atoms with Gasteiger partial charge in [-0.25, -0.2) is 4.79 Å². The third kappa shape index (κ3) is 5.77. The molecule has 1 heterocycles. The molecule has 0 aliphatic carbocycles. The summed E-state index contributed by atoms with van der Waals surface area (Å²) in [6.07, 6.45) is 3.23. The van der Waals surface area contributed by atoms with E-state index in [-0.39, 0.29) is 12.0 Å². The van der Waals surface area contributed by atoms with Gasteiger partial charge in [0.25, 0.3) is 0 Å². The molecular formula is C21H26O6. The molecule has 1 aliphatic rings. The van der Waals surface area contributed by atoms with Gasteiger partial charge in [-0.05, 0) is 44.0 Å². The molecule has 146 valence electrons. The highest BCUT2D eigenvalue weighted by atomic mass is 16.5.